The van der Waals surface area contributed by atoms with Gasteiger partial charge in [-0.2, -0.15) is 0 Å². The Hall–Kier alpha value is -2.82. The van der Waals surface area contributed by atoms with Crippen molar-refractivity contribution in [1.29, 1.82) is 0 Å². The number of fused-ring (bicyclic) bond motifs is 1. The van der Waals surface area contributed by atoms with Crippen molar-refractivity contribution in [1.82, 2.24) is 19.5 Å². The number of hydrogen-bond donors (Lipinski definition) is 1. The van der Waals surface area contributed by atoms with E-state index in [1.807, 2.05) is 4.57 Å². The van der Waals surface area contributed by atoms with Crippen LogP contribution < -0.4 is 5.32 Å². The molecule has 2 heterocycles. The molecule has 0 amide bonds. The van der Waals surface area contributed by atoms with Gasteiger partial charge in [0.1, 0.15) is 11.8 Å². The minimum atomic E-state index is -3.81. The molecule has 0 radical (unpaired) electrons. The van der Waals surface area contributed by atoms with E-state index in [-0.39, 0.29) is 6.16 Å². The Balaban J connectivity index is 1.61. The highest BCUT2D eigenvalue weighted by Crippen LogP contribution is 2.48. The van der Waals surface area contributed by atoms with Crippen molar-refractivity contribution < 1.29 is 32.7 Å². The van der Waals surface area contributed by atoms with Gasteiger partial charge in [-0.3, -0.25) is 23.2 Å². The van der Waals surface area contributed by atoms with Crippen LogP contribution >= 0.6 is 7.60 Å². The maximum absolute atomic E-state index is 13.3. The molecular formula is C24H36N5O7P. The summed E-state index contributed by atoms with van der Waals surface area (Å²) in [6.07, 6.45) is 8.62. The molecule has 204 valence electrons. The molecule has 13 heteroatoms. The van der Waals surface area contributed by atoms with Crippen LogP contribution in [-0.2, 0) is 39.2 Å². The number of allylic oxidation sites excluding steroid dienone is 2. The average molecular weight is 538 g/mol. The first-order valence-electron chi connectivity index (χ1n) is 12.1. The van der Waals surface area contributed by atoms with E-state index in [0.717, 1.165) is 12.8 Å². The van der Waals surface area contributed by atoms with Gasteiger partial charge >= 0.3 is 19.5 Å². The number of anilines is 1. The fraction of sp³-hybridized carbons (Fsp3) is 0.625. The molecule has 0 saturated heterocycles. The molecule has 12 nitrogen and oxygen atoms in total. The van der Waals surface area contributed by atoms with Gasteiger partial charge < -0.3 is 19.4 Å². The van der Waals surface area contributed by atoms with Crippen LogP contribution in [0.1, 0.15) is 54.4 Å². The Kier molecular flexibility index (Phi) is 9.09. The number of imidazole rings is 1. The molecule has 1 N–H and O–H groups in total. The second-order valence-electron chi connectivity index (χ2n) is 10.8. The molecule has 0 aromatic carbocycles. The molecule has 37 heavy (non-hydrogen) atoms. The zero-order valence-corrected chi connectivity index (χ0v) is 23.1. The molecule has 0 atom stereocenters. The summed E-state index contributed by atoms with van der Waals surface area (Å²) in [5, 5.41) is 3.35. The number of nitrogens with zero attached hydrogens (tertiary/aromatic N) is 4. The number of esters is 2. The maximum atomic E-state index is 13.3. The van der Waals surface area contributed by atoms with E-state index in [1.54, 1.807) is 60.0 Å². The molecule has 1 saturated carbocycles. The van der Waals surface area contributed by atoms with Gasteiger partial charge in [-0.25, -0.2) is 15.0 Å². The lowest BCUT2D eigenvalue weighted by Crippen LogP contribution is -2.25. The van der Waals surface area contributed by atoms with Crippen LogP contribution in [0.3, 0.4) is 0 Å². The second kappa shape index (κ2) is 11.7. The molecule has 1 aliphatic rings. The molecule has 0 spiro atoms. The zero-order valence-electron chi connectivity index (χ0n) is 22.2. The Morgan fingerprint density at radius 1 is 1.00 bits per heavy atom. The first kappa shape index (κ1) is 28.7. The third kappa shape index (κ3) is 8.62. The second-order valence-corrected chi connectivity index (χ2v) is 12.9. The van der Waals surface area contributed by atoms with E-state index in [1.165, 1.54) is 6.33 Å². The van der Waals surface area contributed by atoms with E-state index in [9.17, 15) is 14.2 Å². The summed E-state index contributed by atoms with van der Waals surface area (Å²) in [6, 6.07) is 0.433. The van der Waals surface area contributed by atoms with Crippen LogP contribution in [0.25, 0.3) is 11.2 Å². The number of carbonyl (C=O) groups excluding carboxylic acids is 2. The first-order valence-corrected chi connectivity index (χ1v) is 13.8. The number of carbonyl (C=O) groups is 2. The van der Waals surface area contributed by atoms with Crippen molar-refractivity contribution in [2.75, 3.05) is 25.1 Å². The summed E-state index contributed by atoms with van der Waals surface area (Å²) in [7, 11) is -3.81. The molecule has 1 aliphatic carbocycles. The normalized spacial score (nSPS) is 14.8. The highest BCUT2D eigenvalue weighted by Gasteiger charge is 2.29. The summed E-state index contributed by atoms with van der Waals surface area (Å²) in [4.78, 5) is 37.0. The number of hydrogen-bond acceptors (Lipinski definition) is 11. The largest absolute Gasteiger partial charge is 0.438 e. The van der Waals surface area contributed by atoms with Crippen LogP contribution in [-0.4, -0.2) is 57.2 Å². The van der Waals surface area contributed by atoms with Crippen molar-refractivity contribution in [2.45, 2.75) is 67.0 Å². The molecule has 0 unspecified atom stereocenters. The number of aromatic nitrogens is 4. The van der Waals surface area contributed by atoms with Crippen LogP contribution in [0.5, 0.6) is 0 Å². The summed E-state index contributed by atoms with van der Waals surface area (Å²) in [5.41, 5.74) is -0.147. The van der Waals surface area contributed by atoms with E-state index < -0.39 is 44.0 Å². The van der Waals surface area contributed by atoms with Gasteiger partial charge in [-0.15, -0.1) is 0 Å². The van der Waals surface area contributed by atoms with Crippen molar-refractivity contribution in [2.24, 2.45) is 10.8 Å². The third-order valence-electron chi connectivity index (χ3n) is 5.22. The van der Waals surface area contributed by atoms with Gasteiger partial charge in [0.15, 0.2) is 11.5 Å². The first-order chi connectivity index (χ1) is 17.3. The van der Waals surface area contributed by atoms with E-state index >= 15 is 0 Å². The van der Waals surface area contributed by atoms with Gasteiger partial charge in [-0.1, -0.05) is 12.2 Å². The molecule has 3 rings (SSSR count). The lowest BCUT2D eigenvalue weighted by molar-refractivity contribution is -0.161. The van der Waals surface area contributed by atoms with Gasteiger partial charge in [-0.05, 0) is 54.4 Å². The zero-order chi connectivity index (χ0) is 27.3. The van der Waals surface area contributed by atoms with Gasteiger partial charge in [0.2, 0.25) is 13.6 Å². The predicted molar refractivity (Wildman–Crippen MR) is 137 cm³/mol. The van der Waals surface area contributed by atoms with Crippen LogP contribution in [0.15, 0.2) is 24.8 Å². The molecule has 2 aromatic heterocycles. The smallest absolute Gasteiger partial charge is 0.340 e. The lowest BCUT2D eigenvalue weighted by Gasteiger charge is -2.21. The van der Waals surface area contributed by atoms with Crippen LogP contribution in [0.4, 0.5) is 5.82 Å². The minimum absolute atomic E-state index is 0.136. The Labute approximate surface area is 216 Å². The SMILES string of the molecule is CC(C)(C)C(=O)OCOP(=O)(C/C=C/Cn1cnc2c(NC3CC3)ncnc21)OCOC(=O)C(C)(C)C. The molecule has 0 aliphatic heterocycles. The van der Waals surface area contributed by atoms with E-state index in [4.69, 9.17) is 18.5 Å². The van der Waals surface area contributed by atoms with E-state index in [2.05, 4.69) is 20.3 Å². The minimum Gasteiger partial charge on any atom is -0.438 e. The number of nitrogens with one attached hydrogen (secondary N) is 1. The highest BCUT2D eigenvalue weighted by atomic mass is 31.2. The quantitative estimate of drug-likeness (QED) is 0.179. The van der Waals surface area contributed by atoms with Gasteiger partial charge in [0, 0.05) is 12.6 Å². The maximum Gasteiger partial charge on any atom is 0.340 e. The molecular weight excluding hydrogens is 501 g/mol. The summed E-state index contributed by atoms with van der Waals surface area (Å²) in [6.45, 7) is 9.42. The van der Waals surface area contributed by atoms with Crippen LogP contribution in [0, 0.1) is 10.8 Å². The fourth-order valence-electron chi connectivity index (χ4n) is 2.83. The van der Waals surface area contributed by atoms with Crippen molar-refractivity contribution in [3.8, 4) is 0 Å². The molecule has 2 aromatic rings. The molecule has 0 bridgehead atoms. The monoisotopic (exact) mass is 537 g/mol. The van der Waals surface area contributed by atoms with Gasteiger partial charge in [0.25, 0.3) is 0 Å². The lowest BCUT2D eigenvalue weighted by atomic mass is 9.98. The van der Waals surface area contributed by atoms with Crippen LogP contribution in [0.2, 0.25) is 0 Å². The topological polar surface area (TPSA) is 144 Å². The van der Waals surface area contributed by atoms with Gasteiger partial charge in [0.05, 0.1) is 23.3 Å². The number of rotatable bonds is 12. The molecule has 1 fully saturated rings. The highest BCUT2D eigenvalue weighted by molar-refractivity contribution is 7.54. The third-order valence-corrected chi connectivity index (χ3v) is 6.88. The van der Waals surface area contributed by atoms with Crippen molar-refractivity contribution >= 4 is 36.5 Å². The Morgan fingerprint density at radius 3 is 2.14 bits per heavy atom. The van der Waals surface area contributed by atoms with Crippen molar-refractivity contribution in [3.05, 3.63) is 24.8 Å². The van der Waals surface area contributed by atoms with E-state index in [0.29, 0.717) is 29.6 Å². The summed E-state index contributed by atoms with van der Waals surface area (Å²) >= 11 is 0. The number of ether oxygens (including phenoxy) is 2. The Morgan fingerprint density at radius 2 is 1.59 bits per heavy atom. The average Bonchev–Trinajstić information content (AvgIpc) is 3.52. The standard InChI is InChI=1S/C24H36N5O7P/c1-23(2,3)21(30)33-15-35-37(32,36-16-34-22(31)24(4,5)6)12-8-7-11-29-14-27-18-19(28-17-9-10-17)25-13-26-20(18)29/h7-8,13-14,17H,9-12,15-16H2,1-6H3,(H,25,26,28)/b8-7+. The summed E-state index contributed by atoms with van der Waals surface area (Å²) < 4.78 is 35.9. The Bertz CT molecular complexity index is 1140. The fourth-order valence-corrected chi connectivity index (χ4v) is 3.95. The predicted octanol–water partition coefficient (Wildman–Crippen LogP) is 4.28. The van der Waals surface area contributed by atoms with Crippen molar-refractivity contribution in [3.63, 3.8) is 0 Å². The summed E-state index contributed by atoms with van der Waals surface area (Å²) in [5.74, 6) is -0.326.